The van der Waals surface area contributed by atoms with E-state index in [0.717, 1.165) is 17.1 Å². The molecule has 2 rings (SSSR count). The second-order valence-corrected chi connectivity index (χ2v) is 4.63. The van der Waals surface area contributed by atoms with Crippen LogP contribution in [0, 0.1) is 0 Å². The third kappa shape index (κ3) is 3.88. The van der Waals surface area contributed by atoms with Gasteiger partial charge in [-0.1, -0.05) is 0 Å². The Balaban J connectivity index is 1.99. The third-order valence-corrected chi connectivity index (χ3v) is 3.20. The van der Waals surface area contributed by atoms with Crippen LogP contribution >= 0.6 is 0 Å². The lowest BCUT2D eigenvalue weighted by molar-refractivity contribution is 0.0954. The first kappa shape index (κ1) is 15.6. The molecule has 0 saturated carbocycles. The number of amides is 1. The largest absolute Gasteiger partial charge is 0.497 e. The number of aromatic amines is 1. The van der Waals surface area contributed by atoms with Gasteiger partial charge in [-0.05, 0) is 36.2 Å². The zero-order valence-electron chi connectivity index (χ0n) is 12.5. The molecular weight excluding hydrogens is 284 g/mol. The van der Waals surface area contributed by atoms with Crippen LogP contribution in [0.1, 0.15) is 15.9 Å². The monoisotopic (exact) mass is 302 g/mol. The molecule has 1 aromatic heterocycles. The van der Waals surface area contributed by atoms with Crippen LogP contribution in [0.25, 0.3) is 0 Å². The first-order valence-corrected chi connectivity index (χ1v) is 6.82. The fourth-order valence-corrected chi connectivity index (χ4v) is 2.08. The standard InChI is InChI=1S/C16H18N2O4/c1-21-13-3-4-14(22-2)11(9-13)5-8-18-16(20)12-6-7-17-15(19)10-12/h3-4,6-7,9-10H,5,8H2,1-2H3,(H,17,19)(H,18,20). The molecule has 1 amide bonds. The predicted molar refractivity (Wildman–Crippen MR) is 82.6 cm³/mol. The topological polar surface area (TPSA) is 80.4 Å². The average molecular weight is 302 g/mol. The van der Waals surface area contributed by atoms with Crippen molar-refractivity contribution in [3.63, 3.8) is 0 Å². The van der Waals surface area contributed by atoms with E-state index < -0.39 is 0 Å². The Morgan fingerprint density at radius 3 is 2.68 bits per heavy atom. The highest BCUT2D eigenvalue weighted by Crippen LogP contribution is 2.24. The number of carbonyl (C=O) groups excluding carboxylic acids is 1. The van der Waals surface area contributed by atoms with Crippen LogP contribution < -0.4 is 20.3 Å². The molecule has 1 heterocycles. The molecule has 0 saturated heterocycles. The van der Waals surface area contributed by atoms with Gasteiger partial charge in [0.05, 0.1) is 14.2 Å². The molecule has 116 valence electrons. The highest BCUT2D eigenvalue weighted by Gasteiger charge is 2.08. The van der Waals surface area contributed by atoms with Crippen molar-refractivity contribution in [2.45, 2.75) is 6.42 Å². The molecule has 6 nitrogen and oxygen atoms in total. The number of carbonyl (C=O) groups is 1. The first-order valence-electron chi connectivity index (χ1n) is 6.82. The molecule has 2 N–H and O–H groups in total. The second-order valence-electron chi connectivity index (χ2n) is 4.63. The maximum absolute atomic E-state index is 11.9. The van der Waals surface area contributed by atoms with Gasteiger partial charge in [0.1, 0.15) is 11.5 Å². The summed E-state index contributed by atoms with van der Waals surface area (Å²) in [6, 6.07) is 8.34. The number of methoxy groups -OCH3 is 2. The van der Waals surface area contributed by atoms with Gasteiger partial charge in [0.15, 0.2) is 0 Å². The number of nitrogens with one attached hydrogen (secondary N) is 2. The number of ether oxygens (including phenoxy) is 2. The molecule has 6 heteroatoms. The number of aromatic nitrogens is 1. The smallest absolute Gasteiger partial charge is 0.251 e. The number of benzene rings is 1. The molecule has 2 aromatic rings. The SMILES string of the molecule is COc1ccc(OC)c(CCNC(=O)c2cc[nH]c(=O)c2)c1. The van der Waals surface area contributed by atoms with Crippen LogP contribution in [0.5, 0.6) is 11.5 Å². The Labute approximate surface area is 128 Å². The molecule has 0 unspecified atom stereocenters. The Kier molecular flexibility index (Phi) is 5.19. The summed E-state index contributed by atoms with van der Waals surface area (Å²) in [5.41, 5.74) is 0.969. The lowest BCUT2D eigenvalue weighted by Crippen LogP contribution is -2.26. The predicted octanol–water partition coefficient (Wildman–Crippen LogP) is 1.36. The highest BCUT2D eigenvalue weighted by molar-refractivity contribution is 5.93. The van der Waals surface area contributed by atoms with E-state index in [1.165, 1.54) is 12.3 Å². The highest BCUT2D eigenvalue weighted by atomic mass is 16.5. The van der Waals surface area contributed by atoms with Gasteiger partial charge in [-0.2, -0.15) is 0 Å². The molecule has 0 bridgehead atoms. The molecule has 0 aliphatic carbocycles. The summed E-state index contributed by atoms with van der Waals surface area (Å²) in [6.07, 6.45) is 2.04. The van der Waals surface area contributed by atoms with E-state index >= 15 is 0 Å². The van der Waals surface area contributed by atoms with E-state index in [1.807, 2.05) is 18.2 Å². The van der Waals surface area contributed by atoms with Crippen molar-refractivity contribution in [1.29, 1.82) is 0 Å². The van der Waals surface area contributed by atoms with Gasteiger partial charge in [-0.25, -0.2) is 0 Å². The lowest BCUT2D eigenvalue weighted by atomic mass is 10.1. The fraction of sp³-hybridized carbons (Fsp3) is 0.250. The molecule has 1 aromatic carbocycles. The van der Waals surface area contributed by atoms with E-state index in [1.54, 1.807) is 20.3 Å². The van der Waals surface area contributed by atoms with Crippen LogP contribution in [0.4, 0.5) is 0 Å². The molecule has 0 atom stereocenters. The fourth-order valence-electron chi connectivity index (χ4n) is 2.08. The Morgan fingerprint density at radius 2 is 2.00 bits per heavy atom. The van der Waals surface area contributed by atoms with Crippen molar-refractivity contribution in [2.24, 2.45) is 0 Å². The summed E-state index contributed by atoms with van der Waals surface area (Å²) in [6.45, 7) is 0.426. The van der Waals surface area contributed by atoms with Crippen molar-refractivity contribution in [2.75, 3.05) is 20.8 Å². The van der Waals surface area contributed by atoms with Crippen LogP contribution in [-0.2, 0) is 6.42 Å². The van der Waals surface area contributed by atoms with E-state index in [9.17, 15) is 9.59 Å². The van der Waals surface area contributed by atoms with E-state index in [-0.39, 0.29) is 11.5 Å². The van der Waals surface area contributed by atoms with Crippen molar-refractivity contribution in [3.05, 3.63) is 58.0 Å². The third-order valence-electron chi connectivity index (χ3n) is 3.20. The lowest BCUT2D eigenvalue weighted by Gasteiger charge is -2.11. The zero-order valence-corrected chi connectivity index (χ0v) is 12.5. The molecular formula is C16H18N2O4. The Bertz CT molecular complexity index is 709. The summed E-state index contributed by atoms with van der Waals surface area (Å²) in [5.74, 6) is 1.19. The maximum Gasteiger partial charge on any atom is 0.251 e. The number of hydrogen-bond acceptors (Lipinski definition) is 4. The molecule has 0 fully saturated rings. The summed E-state index contributed by atoms with van der Waals surface area (Å²) in [7, 11) is 3.19. The summed E-state index contributed by atoms with van der Waals surface area (Å²) < 4.78 is 10.5. The summed E-state index contributed by atoms with van der Waals surface area (Å²) >= 11 is 0. The van der Waals surface area contributed by atoms with Gasteiger partial charge in [0.2, 0.25) is 5.56 Å². The van der Waals surface area contributed by atoms with Crippen LogP contribution in [-0.4, -0.2) is 31.7 Å². The Hall–Kier alpha value is -2.76. The van der Waals surface area contributed by atoms with Gasteiger partial charge in [0, 0.05) is 24.4 Å². The normalized spacial score (nSPS) is 10.1. The van der Waals surface area contributed by atoms with Crippen molar-refractivity contribution >= 4 is 5.91 Å². The minimum Gasteiger partial charge on any atom is -0.497 e. The minimum absolute atomic E-state index is 0.284. The minimum atomic E-state index is -0.304. The quantitative estimate of drug-likeness (QED) is 0.844. The molecule has 0 aliphatic heterocycles. The summed E-state index contributed by atoms with van der Waals surface area (Å²) in [4.78, 5) is 25.6. The van der Waals surface area contributed by atoms with Crippen molar-refractivity contribution < 1.29 is 14.3 Å². The first-order chi connectivity index (χ1) is 10.6. The molecule has 22 heavy (non-hydrogen) atoms. The Morgan fingerprint density at radius 1 is 1.18 bits per heavy atom. The average Bonchev–Trinajstić information content (AvgIpc) is 2.54. The van der Waals surface area contributed by atoms with E-state index in [2.05, 4.69) is 10.3 Å². The second kappa shape index (κ2) is 7.31. The van der Waals surface area contributed by atoms with Gasteiger partial charge in [-0.15, -0.1) is 0 Å². The van der Waals surface area contributed by atoms with Gasteiger partial charge in [0.25, 0.3) is 5.91 Å². The van der Waals surface area contributed by atoms with Crippen LogP contribution in [0.15, 0.2) is 41.3 Å². The van der Waals surface area contributed by atoms with Gasteiger partial charge in [-0.3, -0.25) is 9.59 Å². The van der Waals surface area contributed by atoms with Crippen molar-refractivity contribution in [1.82, 2.24) is 10.3 Å². The van der Waals surface area contributed by atoms with Crippen LogP contribution in [0.2, 0.25) is 0 Å². The summed E-state index contributed by atoms with van der Waals surface area (Å²) in [5, 5.41) is 2.78. The van der Waals surface area contributed by atoms with Crippen LogP contribution in [0.3, 0.4) is 0 Å². The molecule has 0 radical (unpaired) electrons. The number of pyridine rings is 1. The zero-order chi connectivity index (χ0) is 15.9. The maximum atomic E-state index is 11.9. The molecule has 0 spiro atoms. The number of H-pyrrole nitrogens is 1. The van der Waals surface area contributed by atoms with Gasteiger partial charge >= 0.3 is 0 Å². The van der Waals surface area contributed by atoms with Crippen molar-refractivity contribution in [3.8, 4) is 11.5 Å². The van der Waals surface area contributed by atoms with E-state index in [4.69, 9.17) is 9.47 Å². The number of hydrogen-bond donors (Lipinski definition) is 2. The molecule has 0 aliphatic rings. The van der Waals surface area contributed by atoms with Gasteiger partial charge < -0.3 is 19.8 Å². The number of rotatable bonds is 6. The van der Waals surface area contributed by atoms with E-state index in [0.29, 0.717) is 18.5 Å².